The van der Waals surface area contributed by atoms with Crippen LogP contribution in [0.15, 0.2) is 12.7 Å². The molecule has 3 N–H and O–H groups in total. The molecule has 6 heteroatoms. The fraction of sp³-hybridized carbons (Fsp3) is 0.167. The van der Waals surface area contributed by atoms with Gasteiger partial charge in [-0.3, -0.25) is 4.79 Å². The van der Waals surface area contributed by atoms with E-state index in [2.05, 4.69) is 6.58 Å². The van der Waals surface area contributed by atoms with E-state index < -0.39 is 17.5 Å². The summed E-state index contributed by atoms with van der Waals surface area (Å²) in [4.78, 5) is 30.7. The Morgan fingerprint density at radius 2 is 1.75 bits per heavy atom. The lowest BCUT2D eigenvalue weighted by atomic mass is 10.0. The first-order valence-electron chi connectivity index (χ1n) is 2.83. The molecule has 0 aliphatic rings. The van der Waals surface area contributed by atoms with Crippen LogP contribution in [0, 0.1) is 0 Å². The molecule has 6 nitrogen and oxygen atoms in total. The largest absolute Gasteiger partial charge is 0.479 e. The molecule has 0 aliphatic carbocycles. The molecule has 0 heterocycles. The zero-order valence-electron chi connectivity index (χ0n) is 5.98. The van der Waals surface area contributed by atoms with Gasteiger partial charge in [0.1, 0.15) is 0 Å². The molecule has 0 bridgehead atoms. The molecular formula is C6H7NO5. The van der Waals surface area contributed by atoms with Crippen molar-refractivity contribution in [2.24, 2.45) is 0 Å². The molecule has 0 saturated heterocycles. The van der Waals surface area contributed by atoms with Crippen LogP contribution in [-0.2, 0) is 14.4 Å². The molecule has 0 rings (SSSR count). The minimum Gasteiger partial charge on any atom is -0.479 e. The third-order valence-electron chi connectivity index (χ3n) is 1.27. The van der Waals surface area contributed by atoms with Crippen molar-refractivity contribution in [2.45, 2.75) is 5.54 Å². The van der Waals surface area contributed by atoms with Crippen molar-refractivity contribution in [3.05, 3.63) is 12.7 Å². The first-order chi connectivity index (χ1) is 5.51. The van der Waals surface area contributed by atoms with E-state index >= 15 is 0 Å². The average molecular weight is 173 g/mol. The first kappa shape index (κ1) is 10.2. The van der Waals surface area contributed by atoms with E-state index in [0.29, 0.717) is 6.08 Å². The predicted molar refractivity (Wildman–Crippen MR) is 37.4 cm³/mol. The van der Waals surface area contributed by atoms with E-state index in [0.717, 1.165) is 0 Å². The van der Waals surface area contributed by atoms with Gasteiger partial charge in [-0.1, -0.05) is 6.58 Å². The summed E-state index contributed by atoms with van der Waals surface area (Å²) in [6.07, 6.45) is 0.621. The Kier molecular flexibility index (Phi) is 2.97. The maximum Gasteiger partial charge on any atom is 0.345 e. The van der Waals surface area contributed by atoms with E-state index in [-0.39, 0.29) is 6.41 Å². The second-order valence-electron chi connectivity index (χ2n) is 1.88. The van der Waals surface area contributed by atoms with Crippen LogP contribution in [-0.4, -0.2) is 34.1 Å². The van der Waals surface area contributed by atoms with Crippen LogP contribution >= 0.6 is 0 Å². The molecule has 1 amide bonds. The average Bonchev–Trinajstić information content (AvgIpc) is 1.98. The fourth-order valence-electron chi connectivity index (χ4n) is 0.541. The normalized spacial score (nSPS) is 10.0. The Hall–Kier alpha value is -1.85. The number of hydrogen-bond donors (Lipinski definition) is 3. The van der Waals surface area contributed by atoms with Crippen molar-refractivity contribution in [1.82, 2.24) is 5.32 Å². The van der Waals surface area contributed by atoms with E-state index in [4.69, 9.17) is 10.2 Å². The number of aliphatic carboxylic acids is 2. The van der Waals surface area contributed by atoms with E-state index in [1.807, 2.05) is 0 Å². The van der Waals surface area contributed by atoms with Crippen molar-refractivity contribution in [2.75, 3.05) is 0 Å². The number of carboxylic acid groups (broad SMARTS) is 2. The summed E-state index contributed by atoms with van der Waals surface area (Å²) in [7, 11) is 0. The quantitative estimate of drug-likeness (QED) is 0.276. The first-order valence-corrected chi connectivity index (χ1v) is 2.83. The Bertz CT molecular complexity index is 220. The van der Waals surface area contributed by atoms with Crippen molar-refractivity contribution >= 4 is 18.3 Å². The molecular weight excluding hydrogens is 166 g/mol. The summed E-state index contributed by atoms with van der Waals surface area (Å²) in [6, 6.07) is 0. The number of hydrogen-bond acceptors (Lipinski definition) is 3. The lowest BCUT2D eigenvalue weighted by Gasteiger charge is -2.18. The highest BCUT2D eigenvalue weighted by Gasteiger charge is 2.43. The monoisotopic (exact) mass is 173 g/mol. The molecule has 0 aromatic carbocycles. The standard InChI is InChI=1S/C6H7NO5/c1-2-6(4(9)10,5(11)12)7-3-8/h2-3H,1H2,(H,7,8)(H,9,10)(H,11,12). The minimum atomic E-state index is -2.43. The maximum atomic E-state index is 10.4. The van der Waals surface area contributed by atoms with Gasteiger partial charge in [-0.05, 0) is 6.08 Å². The summed E-state index contributed by atoms with van der Waals surface area (Å²) in [5, 5.41) is 18.6. The smallest absolute Gasteiger partial charge is 0.345 e. The Labute approximate surface area is 67.5 Å². The number of carbonyl (C=O) groups is 3. The summed E-state index contributed by atoms with van der Waals surface area (Å²) in [6.45, 7) is 3.01. The highest BCUT2D eigenvalue weighted by Crippen LogP contribution is 2.05. The zero-order chi connectivity index (χ0) is 9.78. The molecule has 0 aromatic rings. The van der Waals surface area contributed by atoms with Gasteiger partial charge in [0.15, 0.2) is 0 Å². The highest BCUT2D eigenvalue weighted by molar-refractivity contribution is 6.07. The van der Waals surface area contributed by atoms with Crippen molar-refractivity contribution in [3.63, 3.8) is 0 Å². The molecule has 66 valence electrons. The second kappa shape index (κ2) is 3.51. The molecule has 0 spiro atoms. The fourth-order valence-corrected chi connectivity index (χ4v) is 0.541. The topological polar surface area (TPSA) is 104 Å². The summed E-state index contributed by atoms with van der Waals surface area (Å²) in [5.74, 6) is -3.39. The summed E-state index contributed by atoms with van der Waals surface area (Å²) in [5.41, 5.74) is -2.43. The number of carboxylic acids is 2. The van der Waals surface area contributed by atoms with E-state index in [1.165, 1.54) is 0 Å². The van der Waals surface area contributed by atoms with E-state index in [9.17, 15) is 14.4 Å². The van der Waals surface area contributed by atoms with E-state index in [1.54, 1.807) is 5.32 Å². The Morgan fingerprint density at radius 3 is 1.83 bits per heavy atom. The van der Waals surface area contributed by atoms with Gasteiger partial charge in [-0.2, -0.15) is 0 Å². The number of amides is 1. The third-order valence-corrected chi connectivity index (χ3v) is 1.27. The lowest BCUT2D eigenvalue weighted by molar-refractivity contribution is -0.157. The van der Waals surface area contributed by atoms with Crippen LogP contribution < -0.4 is 5.32 Å². The van der Waals surface area contributed by atoms with Gasteiger partial charge in [-0.15, -0.1) is 0 Å². The summed E-state index contributed by atoms with van der Waals surface area (Å²) >= 11 is 0. The van der Waals surface area contributed by atoms with Crippen molar-refractivity contribution in [3.8, 4) is 0 Å². The maximum absolute atomic E-state index is 10.4. The number of rotatable bonds is 5. The number of carbonyl (C=O) groups excluding carboxylic acids is 1. The van der Waals surface area contributed by atoms with Crippen LogP contribution in [0.3, 0.4) is 0 Å². The summed E-state index contributed by atoms with van der Waals surface area (Å²) < 4.78 is 0. The van der Waals surface area contributed by atoms with Crippen LogP contribution in [0.5, 0.6) is 0 Å². The molecule has 12 heavy (non-hydrogen) atoms. The van der Waals surface area contributed by atoms with Crippen molar-refractivity contribution < 1.29 is 24.6 Å². The molecule has 0 aromatic heterocycles. The Morgan fingerprint density at radius 1 is 1.33 bits per heavy atom. The molecule has 0 aliphatic heterocycles. The van der Waals surface area contributed by atoms with Crippen LogP contribution in [0.4, 0.5) is 0 Å². The van der Waals surface area contributed by atoms with Gasteiger partial charge >= 0.3 is 11.9 Å². The molecule has 0 saturated carbocycles. The third kappa shape index (κ3) is 1.42. The van der Waals surface area contributed by atoms with Gasteiger partial charge in [0.2, 0.25) is 6.41 Å². The van der Waals surface area contributed by atoms with Gasteiger partial charge in [0.25, 0.3) is 5.54 Å². The SMILES string of the molecule is C=CC(NC=O)(C(=O)O)C(=O)O. The van der Waals surface area contributed by atoms with Crippen LogP contribution in [0.2, 0.25) is 0 Å². The Balaban J connectivity index is 5.01. The molecule has 0 radical (unpaired) electrons. The van der Waals surface area contributed by atoms with Gasteiger partial charge in [0, 0.05) is 0 Å². The zero-order valence-corrected chi connectivity index (χ0v) is 5.98. The van der Waals surface area contributed by atoms with Gasteiger partial charge < -0.3 is 15.5 Å². The van der Waals surface area contributed by atoms with Crippen LogP contribution in [0.1, 0.15) is 0 Å². The minimum absolute atomic E-state index is 0.01000. The predicted octanol–water partition coefficient (Wildman–Crippen LogP) is -1.17. The number of nitrogens with one attached hydrogen (secondary N) is 1. The van der Waals surface area contributed by atoms with Gasteiger partial charge in [-0.25, -0.2) is 9.59 Å². The molecule has 0 unspecified atom stereocenters. The van der Waals surface area contributed by atoms with Crippen LogP contribution in [0.25, 0.3) is 0 Å². The van der Waals surface area contributed by atoms with Crippen molar-refractivity contribution in [1.29, 1.82) is 0 Å². The highest BCUT2D eigenvalue weighted by atomic mass is 16.4. The molecule has 0 fully saturated rings. The lowest BCUT2D eigenvalue weighted by Crippen LogP contribution is -2.56. The second-order valence-corrected chi connectivity index (χ2v) is 1.88. The van der Waals surface area contributed by atoms with Gasteiger partial charge in [0.05, 0.1) is 0 Å². The molecule has 0 atom stereocenters.